The first-order chi connectivity index (χ1) is 26.6. The minimum atomic E-state index is -4.45. The van der Waals surface area contributed by atoms with Gasteiger partial charge in [-0.1, -0.05) is 6.92 Å². The summed E-state index contributed by atoms with van der Waals surface area (Å²) in [6.45, 7) is 25.2. The number of esters is 2. The van der Waals surface area contributed by atoms with Crippen molar-refractivity contribution >= 4 is 27.6 Å². The molecule has 0 amide bonds. The molecule has 1 aromatic carbocycles. The number of nitrogens with zero attached hydrogens (tertiary/aromatic N) is 2. The van der Waals surface area contributed by atoms with Gasteiger partial charge in [-0.2, -0.15) is 0 Å². The Morgan fingerprint density at radius 2 is 1.18 bits per heavy atom. The summed E-state index contributed by atoms with van der Waals surface area (Å²) in [6.07, 6.45) is -3.83. The highest BCUT2D eigenvalue weighted by molar-refractivity contribution is 7.48. The summed E-state index contributed by atoms with van der Waals surface area (Å²) in [6, 6.07) is 3.39. The fraction of sp³-hybridized carbons (Fsp3) is 0.730. The van der Waals surface area contributed by atoms with Crippen molar-refractivity contribution in [2.75, 3.05) is 46.1 Å². The zero-order valence-corrected chi connectivity index (χ0v) is 34.8. The molecule has 0 radical (unpaired) electrons. The van der Waals surface area contributed by atoms with Crippen molar-refractivity contribution in [3.05, 3.63) is 57.2 Å². The van der Waals surface area contributed by atoms with Crippen molar-refractivity contribution in [3.8, 4) is 0 Å². The summed E-state index contributed by atoms with van der Waals surface area (Å²) in [5.41, 5.74) is 3.21. The Bertz CT molecular complexity index is 1660. The summed E-state index contributed by atoms with van der Waals surface area (Å²) in [5.74, 6) is -1.47. The van der Waals surface area contributed by atoms with Gasteiger partial charge in [-0.05, 0) is 76.8 Å². The van der Waals surface area contributed by atoms with Gasteiger partial charge in [-0.25, -0.2) is 31.9 Å². The number of ether oxygens (including phenoxy) is 5. The summed E-state index contributed by atoms with van der Waals surface area (Å²) in [5, 5.41) is 0. The zero-order valence-electron chi connectivity index (χ0n) is 33.0. The number of phosphoric ester groups is 2. The summed E-state index contributed by atoms with van der Waals surface area (Å²) in [4.78, 5) is 31.9. The van der Waals surface area contributed by atoms with Crippen LogP contribution in [0.4, 0.5) is 0 Å². The Morgan fingerprint density at radius 3 is 1.66 bits per heavy atom. The van der Waals surface area contributed by atoms with Gasteiger partial charge in [0.25, 0.3) is 0 Å². The Morgan fingerprint density at radius 1 is 0.732 bits per heavy atom. The Balaban J connectivity index is 1.38. The molecule has 19 heteroatoms. The van der Waals surface area contributed by atoms with Crippen molar-refractivity contribution < 1.29 is 69.5 Å². The third-order valence-corrected chi connectivity index (χ3v) is 12.5. The highest BCUT2D eigenvalue weighted by atomic mass is 31.2. The van der Waals surface area contributed by atoms with E-state index in [1.165, 1.54) is 0 Å². The molecule has 0 N–H and O–H groups in total. The first kappa shape index (κ1) is 45.9. The topological polar surface area (TPSA) is 179 Å². The molecule has 0 saturated carbocycles. The van der Waals surface area contributed by atoms with Crippen LogP contribution in [0, 0.1) is 33.9 Å². The minimum Gasteiger partial charge on any atom is -0.457 e. The van der Waals surface area contributed by atoms with Crippen molar-refractivity contribution in [3.63, 3.8) is 0 Å². The Hall–Kier alpha value is -2.76. The maximum Gasteiger partial charge on any atom is 0.475 e. The van der Waals surface area contributed by atoms with E-state index in [1.807, 2.05) is 34.6 Å². The molecule has 0 aromatic heterocycles. The predicted molar refractivity (Wildman–Crippen MR) is 200 cm³/mol. The van der Waals surface area contributed by atoms with Gasteiger partial charge in [0.2, 0.25) is 13.1 Å². The molecule has 11 unspecified atom stereocenters. The third kappa shape index (κ3) is 13.4. The van der Waals surface area contributed by atoms with Gasteiger partial charge in [-0.15, -0.1) is 0 Å². The normalized spacial score (nSPS) is 29.6. The van der Waals surface area contributed by atoms with Gasteiger partial charge in [0.05, 0.1) is 49.3 Å². The van der Waals surface area contributed by atoms with Gasteiger partial charge >= 0.3 is 27.6 Å². The molecule has 312 valence electrons. The molecule has 0 aliphatic carbocycles. The predicted octanol–water partition coefficient (Wildman–Crippen LogP) is 6.51. The van der Waals surface area contributed by atoms with E-state index in [0.29, 0.717) is 18.4 Å². The number of benzene rings is 1. The zero-order chi connectivity index (χ0) is 41.0. The highest BCUT2D eigenvalue weighted by Gasteiger charge is 2.46. The van der Waals surface area contributed by atoms with Gasteiger partial charge < -0.3 is 33.4 Å². The molecule has 3 heterocycles. The van der Waals surface area contributed by atoms with Crippen LogP contribution < -0.4 is 0 Å². The van der Waals surface area contributed by atoms with Crippen LogP contribution >= 0.6 is 15.6 Å². The fourth-order valence-corrected chi connectivity index (χ4v) is 9.35. The molecule has 3 aliphatic heterocycles. The number of aryl methyl sites for hydroxylation is 2. The number of phosphoric acid groups is 2. The third-order valence-electron chi connectivity index (χ3n) is 9.55. The lowest BCUT2D eigenvalue weighted by molar-refractivity contribution is -0.156. The first-order valence-corrected chi connectivity index (χ1v) is 21.7. The number of rotatable bonds is 21. The molecule has 0 bridgehead atoms. The van der Waals surface area contributed by atoms with Crippen molar-refractivity contribution in [2.24, 2.45) is 0 Å². The van der Waals surface area contributed by atoms with E-state index < -0.39 is 70.8 Å². The molecule has 17 nitrogen and oxygen atoms in total. The minimum absolute atomic E-state index is 0.0683. The molecule has 3 fully saturated rings. The average molecular weight is 829 g/mol. The second-order valence-corrected chi connectivity index (χ2v) is 17.4. The van der Waals surface area contributed by atoms with Gasteiger partial charge in [0.15, 0.2) is 6.61 Å². The summed E-state index contributed by atoms with van der Waals surface area (Å²) >= 11 is 0. The lowest BCUT2D eigenvalue weighted by Gasteiger charge is -2.27. The first-order valence-electron chi connectivity index (χ1n) is 18.8. The largest absolute Gasteiger partial charge is 0.475 e. The molecular formula is C37H54N2O15P2. The lowest BCUT2D eigenvalue weighted by Crippen LogP contribution is -2.33. The second-order valence-electron chi connectivity index (χ2n) is 14.1. The molecule has 3 aliphatic rings. The van der Waals surface area contributed by atoms with Gasteiger partial charge in [-0.3, -0.25) is 27.1 Å². The van der Waals surface area contributed by atoms with E-state index in [0.717, 1.165) is 16.7 Å². The molecular weight excluding hydrogens is 774 g/mol. The molecule has 0 spiro atoms. The summed E-state index contributed by atoms with van der Waals surface area (Å²) < 4.78 is 90.9. The van der Waals surface area contributed by atoms with Gasteiger partial charge in [0.1, 0.15) is 37.6 Å². The van der Waals surface area contributed by atoms with Crippen LogP contribution in [0.1, 0.15) is 80.4 Å². The van der Waals surface area contributed by atoms with Crippen LogP contribution in [0.25, 0.3) is 9.69 Å². The summed E-state index contributed by atoms with van der Waals surface area (Å²) in [7, 11) is -8.69. The van der Waals surface area contributed by atoms with Crippen LogP contribution in [-0.4, -0.2) is 113 Å². The Kier molecular flexibility index (Phi) is 17.5. The van der Waals surface area contributed by atoms with Crippen LogP contribution in [0.2, 0.25) is 0 Å². The van der Waals surface area contributed by atoms with Crippen LogP contribution in [0.3, 0.4) is 0 Å². The van der Waals surface area contributed by atoms with Crippen molar-refractivity contribution in [2.45, 2.75) is 129 Å². The molecule has 4 rings (SSSR count). The van der Waals surface area contributed by atoms with E-state index in [4.69, 9.17) is 64.0 Å². The van der Waals surface area contributed by atoms with Crippen LogP contribution in [0.5, 0.6) is 0 Å². The van der Waals surface area contributed by atoms with Crippen molar-refractivity contribution in [1.29, 1.82) is 0 Å². The van der Waals surface area contributed by atoms with E-state index in [-0.39, 0.29) is 70.7 Å². The van der Waals surface area contributed by atoms with E-state index in [9.17, 15) is 18.7 Å². The molecule has 1 aromatic rings. The fourth-order valence-electron chi connectivity index (χ4n) is 6.58. The quantitative estimate of drug-likeness (QED) is 0.0566. The SMILES string of the molecule is [C-]#[N+]CCOP(=O)(OCC1OC(C)CC1OP(=O)(OCC[N+]#[C-])OCC1OC(C)CC1OC(=O)COC(=O)c1cc(C)c(C)c(C)c1)OC1CC(C)OC1CC. The molecule has 11 atom stereocenters. The molecule has 3 saturated heterocycles. The lowest BCUT2D eigenvalue weighted by atomic mass is 10.0. The monoisotopic (exact) mass is 828 g/mol. The number of hydrogen-bond donors (Lipinski definition) is 0. The van der Waals surface area contributed by atoms with Gasteiger partial charge in [0, 0.05) is 19.3 Å². The van der Waals surface area contributed by atoms with E-state index >= 15 is 0 Å². The highest BCUT2D eigenvalue weighted by Crippen LogP contribution is 2.55. The van der Waals surface area contributed by atoms with Crippen LogP contribution in [-0.2, 0) is 64.8 Å². The number of carbonyl (C=O) groups is 2. The molecule has 56 heavy (non-hydrogen) atoms. The smallest absolute Gasteiger partial charge is 0.457 e. The van der Waals surface area contributed by atoms with Crippen LogP contribution in [0.15, 0.2) is 12.1 Å². The van der Waals surface area contributed by atoms with E-state index in [1.54, 1.807) is 26.0 Å². The second kappa shape index (κ2) is 21.3. The maximum atomic E-state index is 14.1. The number of carbonyl (C=O) groups excluding carboxylic acids is 2. The average Bonchev–Trinajstić information content (AvgIpc) is 3.81. The maximum absolute atomic E-state index is 14.1. The van der Waals surface area contributed by atoms with Crippen molar-refractivity contribution in [1.82, 2.24) is 0 Å². The number of hydrogen-bond acceptors (Lipinski definition) is 15. The standard InChI is InChI=1S/C37H54N2O15P2/c1-10-30-32(18-26(5)49-30)53-55(42,45-13-11-38-8)48-21-35-33(19-27(6)51-35)54-56(43,46-14-12-39-9)47-20-34-31(17-25(4)50-34)52-36(40)22-44-37(41)29-15-23(2)28(7)24(3)16-29/h15-16,25-27,30-35H,10-14,17-22H2,1-7H3. The Labute approximate surface area is 329 Å². The van der Waals surface area contributed by atoms with E-state index in [2.05, 4.69) is 9.69 Å².